The molecule has 0 aliphatic heterocycles. The largest absolute Gasteiger partial charge is 0.497 e. The fraction of sp³-hybridized carbons (Fsp3) is 0.286. The first-order valence-electron chi connectivity index (χ1n) is 8.81. The molecule has 1 N–H and O–H groups in total. The maximum atomic E-state index is 12.6. The van der Waals surface area contributed by atoms with E-state index in [0.717, 1.165) is 27.9 Å². The minimum absolute atomic E-state index is 0.154. The Kier molecular flexibility index (Phi) is 5.26. The number of hydrogen-bond acceptors (Lipinski definition) is 4. The van der Waals surface area contributed by atoms with Gasteiger partial charge in [0.2, 0.25) is 5.91 Å². The molecule has 0 aliphatic carbocycles. The first-order valence-corrected chi connectivity index (χ1v) is 8.81. The standard InChI is InChI=1S/C21H23N3O3/c1-13-11-18-19(12-14(13)2)24(21(26)15(3)22-18)10-9-20(25)23-16-5-7-17(27-4)8-6-16/h5-8,11-12H,9-10H2,1-4H3,(H,23,25). The van der Waals surface area contributed by atoms with Gasteiger partial charge in [-0.05, 0) is 68.3 Å². The molecular formula is C21H23N3O3. The molecule has 0 saturated heterocycles. The van der Waals surface area contributed by atoms with Gasteiger partial charge >= 0.3 is 0 Å². The molecule has 0 fully saturated rings. The van der Waals surface area contributed by atoms with Gasteiger partial charge in [-0.15, -0.1) is 0 Å². The normalized spacial score (nSPS) is 10.8. The minimum Gasteiger partial charge on any atom is -0.497 e. The second kappa shape index (κ2) is 7.61. The van der Waals surface area contributed by atoms with Gasteiger partial charge in [-0.2, -0.15) is 0 Å². The second-order valence-electron chi connectivity index (χ2n) is 6.61. The molecule has 6 nitrogen and oxygen atoms in total. The molecule has 27 heavy (non-hydrogen) atoms. The number of hydrogen-bond donors (Lipinski definition) is 1. The first kappa shape index (κ1) is 18.6. The molecule has 1 heterocycles. The molecule has 6 heteroatoms. The molecule has 0 atom stereocenters. The number of anilines is 1. The number of carbonyl (C=O) groups is 1. The number of nitrogens with zero attached hydrogens (tertiary/aromatic N) is 2. The third-order valence-corrected chi connectivity index (χ3v) is 4.66. The molecule has 140 valence electrons. The lowest BCUT2D eigenvalue weighted by Gasteiger charge is -2.13. The van der Waals surface area contributed by atoms with Crippen molar-refractivity contribution in [3.05, 3.63) is 63.6 Å². The van der Waals surface area contributed by atoms with Crippen LogP contribution in [0.4, 0.5) is 5.69 Å². The van der Waals surface area contributed by atoms with Crippen molar-refractivity contribution in [2.75, 3.05) is 12.4 Å². The average Bonchev–Trinajstić information content (AvgIpc) is 2.65. The molecule has 0 unspecified atom stereocenters. The van der Waals surface area contributed by atoms with E-state index in [-0.39, 0.29) is 17.9 Å². The Bertz CT molecular complexity index is 1050. The number of ether oxygens (including phenoxy) is 1. The summed E-state index contributed by atoms with van der Waals surface area (Å²) in [6.45, 7) is 6.01. The molecule has 3 rings (SSSR count). The van der Waals surface area contributed by atoms with Crippen LogP contribution in [0.25, 0.3) is 11.0 Å². The van der Waals surface area contributed by atoms with Gasteiger partial charge in [-0.25, -0.2) is 4.98 Å². The number of aryl methyl sites for hydroxylation is 4. The Labute approximate surface area is 157 Å². The zero-order valence-electron chi connectivity index (χ0n) is 16.0. The zero-order chi connectivity index (χ0) is 19.6. The Morgan fingerprint density at radius 3 is 2.44 bits per heavy atom. The Morgan fingerprint density at radius 2 is 1.78 bits per heavy atom. The Morgan fingerprint density at radius 1 is 1.11 bits per heavy atom. The highest BCUT2D eigenvalue weighted by atomic mass is 16.5. The quantitative estimate of drug-likeness (QED) is 0.752. The predicted octanol–water partition coefficient (Wildman–Crippen LogP) is 3.36. The van der Waals surface area contributed by atoms with Gasteiger partial charge in [0.1, 0.15) is 11.4 Å². The van der Waals surface area contributed by atoms with Crippen LogP contribution >= 0.6 is 0 Å². The minimum atomic E-state index is -0.164. The lowest BCUT2D eigenvalue weighted by atomic mass is 10.1. The third-order valence-electron chi connectivity index (χ3n) is 4.66. The number of benzene rings is 2. The molecule has 2 aromatic carbocycles. The van der Waals surface area contributed by atoms with Crippen LogP contribution < -0.4 is 15.6 Å². The number of aromatic nitrogens is 2. The number of carbonyl (C=O) groups excluding carboxylic acids is 1. The van der Waals surface area contributed by atoms with Crippen molar-refractivity contribution in [1.82, 2.24) is 9.55 Å². The van der Waals surface area contributed by atoms with Gasteiger partial charge in [0.15, 0.2) is 0 Å². The van der Waals surface area contributed by atoms with Crippen molar-refractivity contribution in [3.8, 4) is 5.75 Å². The first-order chi connectivity index (χ1) is 12.9. The van der Waals surface area contributed by atoms with Crippen LogP contribution in [0.3, 0.4) is 0 Å². The fourth-order valence-corrected chi connectivity index (χ4v) is 2.96. The molecule has 1 aromatic heterocycles. The van der Waals surface area contributed by atoms with Gasteiger partial charge in [-0.3, -0.25) is 9.59 Å². The average molecular weight is 365 g/mol. The lowest BCUT2D eigenvalue weighted by molar-refractivity contribution is -0.116. The van der Waals surface area contributed by atoms with Gasteiger partial charge < -0.3 is 14.6 Å². The van der Waals surface area contributed by atoms with Crippen LogP contribution in [0.1, 0.15) is 23.2 Å². The number of amides is 1. The van der Waals surface area contributed by atoms with E-state index in [1.165, 1.54) is 0 Å². The molecule has 1 amide bonds. The summed E-state index contributed by atoms with van der Waals surface area (Å²) in [5.74, 6) is 0.572. The number of fused-ring (bicyclic) bond motifs is 1. The van der Waals surface area contributed by atoms with Gasteiger partial charge in [-0.1, -0.05) is 0 Å². The van der Waals surface area contributed by atoms with Crippen LogP contribution in [0, 0.1) is 20.8 Å². The molecule has 0 bridgehead atoms. The van der Waals surface area contributed by atoms with E-state index >= 15 is 0 Å². The summed E-state index contributed by atoms with van der Waals surface area (Å²) in [4.78, 5) is 29.3. The maximum absolute atomic E-state index is 12.6. The number of rotatable bonds is 5. The van der Waals surface area contributed by atoms with Gasteiger partial charge in [0.25, 0.3) is 5.56 Å². The lowest BCUT2D eigenvalue weighted by Crippen LogP contribution is -2.26. The third kappa shape index (κ3) is 4.00. The van der Waals surface area contributed by atoms with Crippen LogP contribution in [-0.4, -0.2) is 22.6 Å². The summed E-state index contributed by atoms with van der Waals surface area (Å²) >= 11 is 0. The Hall–Kier alpha value is -3.15. The summed E-state index contributed by atoms with van der Waals surface area (Å²) in [7, 11) is 1.59. The van der Waals surface area contributed by atoms with E-state index in [0.29, 0.717) is 17.9 Å². The van der Waals surface area contributed by atoms with E-state index in [1.54, 1.807) is 42.9 Å². The van der Waals surface area contributed by atoms with Crippen molar-refractivity contribution < 1.29 is 9.53 Å². The van der Waals surface area contributed by atoms with Crippen molar-refractivity contribution in [1.29, 1.82) is 0 Å². The number of methoxy groups -OCH3 is 1. The summed E-state index contributed by atoms with van der Waals surface area (Å²) in [5, 5.41) is 2.84. The predicted molar refractivity (Wildman–Crippen MR) is 106 cm³/mol. The highest BCUT2D eigenvalue weighted by Gasteiger charge is 2.11. The summed E-state index contributed by atoms with van der Waals surface area (Å²) in [6, 6.07) is 11.1. The maximum Gasteiger partial charge on any atom is 0.272 e. The second-order valence-corrected chi connectivity index (χ2v) is 6.61. The smallest absolute Gasteiger partial charge is 0.272 e. The molecule has 0 spiro atoms. The van der Waals surface area contributed by atoms with E-state index in [9.17, 15) is 9.59 Å². The SMILES string of the molecule is COc1ccc(NC(=O)CCn2c(=O)c(C)nc3cc(C)c(C)cc32)cc1. The summed E-state index contributed by atoms with van der Waals surface area (Å²) in [5.41, 5.74) is 4.69. The Balaban J connectivity index is 1.81. The van der Waals surface area contributed by atoms with E-state index in [1.807, 2.05) is 26.0 Å². The van der Waals surface area contributed by atoms with Crippen LogP contribution in [0.5, 0.6) is 5.75 Å². The molecule has 0 radical (unpaired) electrons. The molecule has 3 aromatic rings. The van der Waals surface area contributed by atoms with Crippen molar-refractivity contribution >= 4 is 22.6 Å². The molecule has 0 saturated carbocycles. The van der Waals surface area contributed by atoms with Crippen molar-refractivity contribution in [3.63, 3.8) is 0 Å². The van der Waals surface area contributed by atoms with Gasteiger partial charge in [0, 0.05) is 18.7 Å². The van der Waals surface area contributed by atoms with Crippen molar-refractivity contribution in [2.24, 2.45) is 0 Å². The number of nitrogens with one attached hydrogen (secondary N) is 1. The van der Waals surface area contributed by atoms with E-state index < -0.39 is 0 Å². The molecule has 0 aliphatic rings. The van der Waals surface area contributed by atoms with Gasteiger partial charge in [0.05, 0.1) is 18.1 Å². The van der Waals surface area contributed by atoms with Crippen LogP contribution in [-0.2, 0) is 11.3 Å². The van der Waals surface area contributed by atoms with Crippen molar-refractivity contribution in [2.45, 2.75) is 33.7 Å². The highest BCUT2D eigenvalue weighted by Crippen LogP contribution is 2.18. The van der Waals surface area contributed by atoms with Crippen LogP contribution in [0.15, 0.2) is 41.2 Å². The zero-order valence-corrected chi connectivity index (χ0v) is 16.0. The summed E-state index contributed by atoms with van der Waals surface area (Å²) < 4.78 is 6.74. The molecular weight excluding hydrogens is 342 g/mol. The fourth-order valence-electron chi connectivity index (χ4n) is 2.96. The van der Waals surface area contributed by atoms with E-state index in [4.69, 9.17) is 4.74 Å². The van der Waals surface area contributed by atoms with E-state index in [2.05, 4.69) is 10.3 Å². The monoisotopic (exact) mass is 365 g/mol. The summed E-state index contributed by atoms with van der Waals surface area (Å²) in [6.07, 6.45) is 0.192. The topological polar surface area (TPSA) is 73.2 Å². The van der Waals surface area contributed by atoms with Crippen LogP contribution in [0.2, 0.25) is 0 Å². The highest BCUT2D eigenvalue weighted by molar-refractivity contribution is 5.90.